The van der Waals surface area contributed by atoms with Crippen LogP contribution in [0.25, 0.3) is 0 Å². The Kier molecular flexibility index (Phi) is 5.12. The van der Waals surface area contributed by atoms with Gasteiger partial charge in [-0.2, -0.15) is 13.2 Å². The normalized spacial score (nSPS) is 23.6. The fourth-order valence-electron chi connectivity index (χ4n) is 3.48. The molecule has 1 aliphatic heterocycles. The summed E-state index contributed by atoms with van der Waals surface area (Å²) in [5.74, 6) is -0.803. The number of dihydropyridines is 1. The average Bonchev–Trinajstić information content (AvgIpc) is 3.11. The number of aryl methyl sites for hydroxylation is 1. The number of carbonyl (C=O) groups is 1. The number of aliphatic imine (C=N–C) groups is 1. The number of anilines is 1. The third kappa shape index (κ3) is 4.17. The Hall–Kier alpha value is -2.74. The molecule has 1 amide bonds. The molecule has 2 aliphatic carbocycles. The van der Waals surface area contributed by atoms with Crippen molar-refractivity contribution in [1.82, 2.24) is 4.98 Å². The van der Waals surface area contributed by atoms with Crippen LogP contribution >= 0.6 is 11.3 Å². The SMILES string of the molecule is Cc1csc(NC(=O)C2C=CC=C3C=CC(C4=CCCC(C(F)(F)F)=C4)=NC32)n1. The van der Waals surface area contributed by atoms with Crippen LogP contribution in [0.15, 0.2) is 69.6 Å². The Balaban J connectivity index is 1.59. The lowest BCUT2D eigenvalue weighted by Crippen LogP contribution is -2.34. The van der Waals surface area contributed by atoms with Gasteiger partial charge in [-0.25, -0.2) is 4.98 Å². The standard InChI is InChI=1S/C21H18F3N3OS/c1-12-11-29-20(25-12)27-19(28)16-7-3-4-13-8-9-17(26-18(13)16)14-5-2-6-15(10-14)21(22,23)24/h3-5,7-11,16,18H,2,6H2,1H3,(H,25,27,28). The summed E-state index contributed by atoms with van der Waals surface area (Å²) in [5, 5.41) is 5.17. The van der Waals surface area contributed by atoms with Crippen LogP contribution in [0.2, 0.25) is 0 Å². The summed E-state index contributed by atoms with van der Waals surface area (Å²) < 4.78 is 39.3. The van der Waals surface area contributed by atoms with Crippen molar-refractivity contribution in [3.8, 4) is 0 Å². The van der Waals surface area contributed by atoms with Gasteiger partial charge in [0, 0.05) is 11.0 Å². The van der Waals surface area contributed by atoms with E-state index in [4.69, 9.17) is 0 Å². The van der Waals surface area contributed by atoms with Crippen LogP contribution < -0.4 is 5.32 Å². The van der Waals surface area contributed by atoms with Crippen molar-refractivity contribution in [2.24, 2.45) is 10.9 Å². The van der Waals surface area contributed by atoms with Gasteiger partial charge >= 0.3 is 6.18 Å². The van der Waals surface area contributed by atoms with E-state index in [1.54, 1.807) is 24.3 Å². The summed E-state index contributed by atoms with van der Waals surface area (Å²) in [6, 6.07) is -0.480. The highest BCUT2D eigenvalue weighted by molar-refractivity contribution is 7.13. The van der Waals surface area contributed by atoms with E-state index in [0.29, 0.717) is 22.8 Å². The molecule has 2 heterocycles. The quantitative estimate of drug-likeness (QED) is 0.745. The van der Waals surface area contributed by atoms with E-state index in [1.807, 2.05) is 24.5 Å². The maximum absolute atomic E-state index is 13.1. The van der Waals surface area contributed by atoms with E-state index in [1.165, 1.54) is 11.3 Å². The Morgan fingerprint density at radius 2 is 2.14 bits per heavy atom. The molecule has 0 fully saturated rings. The molecule has 0 saturated carbocycles. The minimum atomic E-state index is -4.34. The molecule has 1 aromatic heterocycles. The lowest BCUT2D eigenvalue weighted by atomic mass is 9.85. The van der Waals surface area contributed by atoms with Gasteiger partial charge in [0.15, 0.2) is 5.13 Å². The first-order chi connectivity index (χ1) is 13.8. The van der Waals surface area contributed by atoms with Gasteiger partial charge in [0.25, 0.3) is 0 Å². The van der Waals surface area contributed by atoms with Crippen molar-refractivity contribution < 1.29 is 18.0 Å². The zero-order valence-electron chi connectivity index (χ0n) is 15.5. The third-order valence-electron chi connectivity index (χ3n) is 4.92. The monoisotopic (exact) mass is 417 g/mol. The van der Waals surface area contributed by atoms with E-state index in [2.05, 4.69) is 15.3 Å². The highest BCUT2D eigenvalue weighted by Gasteiger charge is 2.35. The molecule has 0 bridgehead atoms. The smallest absolute Gasteiger partial charge is 0.301 e. The van der Waals surface area contributed by atoms with Crippen molar-refractivity contribution in [1.29, 1.82) is 0 Å². The number of fused-ring (bicyclic) bond motifs is 1. The molecular formula is C21H18F3N3OS. The van der Waals surface area contributed by atoms with E-state index >= 15 is 0 Å². The molecule has 4 nitrogen and oxygen atoms in total. The fraction of sp³-hybridized carbons (Fsp3) is 0.286. The Labute approximate surface area is 169 Å². The molecule has 29 heavy (non-hydrogen) atoms. The zero-order chi connectivity index (χ0) is 20.6. The molecule has 2 atom stereocenters. The molecule has 2 unspecified atom stereocenters. The molecular weight excluding hydrogens is 399 g/mol. The van der Waals surface area contributed by atoms with Crippen molar-refractivity contribution >= 4 is 28.1 Å². The predicted octanol–water partition coefficient (Wildman–Crippen LogP) is 5.09. The van der Waals surface area contributed by atoms with Gasteiger partial charge in [-0.15, -0.1) is 11.3 Å². The number of aromatic nitrogens is 1. The van der Waals surface area contributed by atoms with Crippen LogP contribution in [-0.2, 0) is 4.79 Å². The number of rotatable bonds is 3. The Morgan fingerprint density at radius 3 is 2.86 bits per heavy atom. The number of nitrogens with zero attached hydrogens (tertiary/aromatic N) is 2. The predicted molar refractivity (Wildman–Crippen MR) is 108 cm³/mol. The van der Waals surface area contributed by atoms with Crippen LogP contribution in [-0.4, -0.2) is 28.8 Å². The summed E-state index contributed by atoms with van der Waals surface area (Å²) in [6.45, 7) is 1.84. The van der Waals surface area contributed by atoms with Crippen LogP contribution in [0.5, 0.6) is 0 Å². The Morgan fingerprint density at radius 1 is 1.31 bits per heavy atom. The maximum atomic E-state index is 13.1. The van der Waals surface area contributed by atoms with Gasteiger partial charge in [-0.1, -0.05) is 30.4 Å². The second kappa shape index (κ2) is 7.59. The van der Waals surface area contributed by atoms with Gasteiger partial charge in [-0.3, -0.25) is 9.79 Å². The average molecular weight is 417 g/mol. The number of carbonyl (C=O) groups excluding carboxylic acids is 1. The molecule has 150 valence electrons. The van der Waals surface area contributed by atoms with Crippen LogP contribution in [0.4, 0.5) is 18.3 Å². The first kappa shape index (κ1) is 19.6. The molecule has 3 aliphatic rings. The summed E-state index contributed by atoms with van der Waals surface area (Å²) in [7, 11) is 0. The lowest BCUT2D eigenvalue weighted by molar-refractivity contribution is -0.118. The maximum Gasteiger partial charge on any atom is 0.412 e. The minimum absolute atomic E-state index is 0.0282. The topological polar surface area (TPSA) is 54.4 Å². The largest absolute Gasteiger partial charge is 0.412 e. The second-order valence-corrected chi connectivity index (χ2v) is 7.88. The Bertz CT molecular complexity index is 1020. The van der Waals surface area contributed by atoms with Crippen LogP contribution in [0.1, 0.15) is 18.5 Å². The lowest BCUT2D eigenvalue weighted by Gasteiger charge is -2.28. The highest BCUT2D eigenvalue weighted by atomic mass is 32.1. The number of alkyl halides is 3. The molecule has 8 heteroatoms. The molecule has 1 aromatic rings. The van der Waals surface area contributed by atoms with Gasteiger partial charge in [0.05, 0.1) is 23.4 Å². The molecule has 0 aromatic carbocycles. The first-order valence-electron chi connectivity index (χ1n) is 9.17. The highest BCUT2D eigenvalue weighted by Crippen LogP contribution is 2.35. The summed E-state index contributed by atoms with van der Waals surface area (Å²) in [4.78, 5) is 21.7. The van der Waals surface area contributed by atoms with Crippen molar-refractivity contribution in [2.45, 2.75) is 32.0 Å². The van der Waals surface area contributed by atoms with Gasteiger partial charge < -0.3 is 5.32 Å². The second-order valence-electron chi connectivity index (χ2n) is 7.02. The van der Waals surface area contributed by atoms with Gasteiger partial charge in [0.1, 0.15) is 0 Å². The van der Waals surface area contributed by atoms with E-state index < -0.39 is 23.7 Å². The van der Waals surface area contributed by atoms with Crippen LogP contribution in [0.3, 0.4) is 0 Å². The minimum Gasteiger partial charge on any atom is -0.301 e. The summed E-state index contributed by atoms with van der Waals surface area (Å²) >= 11 is 1.34. The van der Waals surface area contributed by atoms with Crippen molar-refractivity contribution in [3.63, 3.8) is 0 Å². The number of nitrogens with one attached hydrogen (secondary N) is 1. The third-order valence-corrected chi connectivity index (χ3v) is 5.80. The summed E-state index contributed by atoms with van der Waals surface area (Å²) in [6.07, 6.45) is 7.83. The summed E-state index contributed by atoms with van der Waals surface area (Å²) in [5.41, 5.74) is 2.03. The number of halogens is 3. The molecule has 1 N–H and O–H groups in total. The molecule has 0 radical (unpaired) electrons. The van der Waals surface area contributed by atoms with Crippen molar-refractivity contribution in [3.05, 3.63) is 70.3 Å². The molecule has 0 spiro atoms. The van der Waals surface area contributed by atoms with Gasteiger partial charge in [0.2, 0.25) is 5.91 Å². The molecule has 0 saturated heterocycles. The van der Waals surface area contributed by atoms with Crippen LogP contribution in [0, 0.1) is 12.8 Å². The molecule has 4 rings (SSSR count). The number of hydrogen-bond donors (Lipinski definition) is 1. The first-order valence-corrected chi connectivity index (χ1v) is 10.0. The number of allylic oxidation sites excluding steroid dienone is 7. The number of thiazole rings is 1. The van der Waals surface area contributed by atoms with Crippen molar-refractivity contribution in [2.75, 3.05) is 5.32 Å². The van der Waals surface area contributed by atoms with E-state index in [-0.39, 0.29) is 12.3 Å². The van der Waals surface area contributed by atoms with Gasteiger partial charge in [-0.05, 0) is 43.1 Å². The number of hydrogen-bond acceptors (Lipinski definition) is 4. The fourth-order valence-corrected chi connectivity index (χ4v) is 4.17. The van der Waals surface area contributed by atoms with E-state index in [9.17, 15) is 18.0 Å². The van der Waals surface area contributed by atoms with E-state index in [0.717, 1.165) is 17.3 Å². The zero-order valence-corrected chi connectivity index (χ0v) is 16.3. The number of amides is 1.